The van der Waals surface area contributed by atoms with Gasteiger partial charge < -0.3 is 5.11 Å². The van der Waals surface area contributed by atoms with Crippen LogP contribution >= 0.6 is 0 Å². The number of aryl methyl sites for hydroxylation is 1. The molecule has 0 saturated heterocycles. The highest BCUT2D eigenvalue weighted by atomic mass is 19.1. The molecular weight excluding hydrogens is 317 g/mol. The first kappa shape index (κ1) is 15.6. The summed E-state index contributed by atoms with van der Waals surface area (Å²) in [6.07, 6.45) is 0.689. The molecule has 0 fully saturated rings. The maximum absolute atomic E-state index is 13.3. The molecule has 0 amide bonds. The fraction of sp³-hybridized carbons (Fsp3) is 0.200. The number of para-hydroxylation sites is 1. The van der Waals surface area contributed by atoms with Crippen LogP contribution in [0.15, 0.2) is 53.5 Å². The van der Waals surface area contributed by atoms with Crippen LogP contribution in [0, 0.1) is 12.7 Å². The van der Waals surface area contributed by atoms with E-state index in [-0.39, 0.29) is 17.6 Å². The summed E-state index contributed by atoms with van der Waals surface area (Å²) < 4.78 is 15.2. The van der Waals surface area contributed by atoms with Crippen LogP contribution in [0.3, 0.4) is 0 Å². The Kier molecular flexibility index (Phi) is 3.64. The lowest BCUT2D eigenvalue weighted by molar-refractivity contribution is 0.443. The van der Waals surface area contributed by atoms with Crippen molar-refractivity contribution in [2.75, 3.05) is 0 Å². The summed E-state index contributed by atoms with van der Waals surface area (Å²) in [6, 6.07) is 13.6. The highest BCUT2D eigenvalue weighted by Gasteiger charge is 2.29. The molecule has 0 spiro atoms. The van der Waals surface area contributed by atoms with E-state index in [9.17, 15) is 9.50 Å². The van der Waals surface area contributed by atoms with Gasteiger partial charge in [-0.3, -0.25) is 0 Å². The van der Waals surface area contributed by atoms with E-state index in [1.807, 2.05) is 36.7 Å². The van der Waals surface area contributed by atoms with E-state index in [1.54, 1.807) is 18.2 Å². The van der Waals surface area contributed by atoms with Gasteiger partial charge in [-0.2, -0.15) is 5.10 Å². The van der Waals surface area contributed by atoms with Gasteiger partial charge in [0.05, 0.1) is 11.7 Å². The fourth-order valence-corrected chi connectivity index (χ4v) is 3.42. The minimum atomic E-state index is -0.269. The first-order valence-corrected chi connectivity index (χ1v) is 8.21. The smallest absolute Gasteiger partial charge is 0.159 e. The quantitative estimate of drug-likeness (QED) is 0.732. The van der Waals surface area contributed by atoms with Gasteiger partial charge in [0.2, 0.25) is 0 Å². The molecular formula is C20H18FN3O. The van der Waals surface area contributed by atoms with Gasteiger partial charge >= 0.3 is 0 Å². The van der Waals surface area contributed by atoms with Crippen LogP contribution in [0.4, 0.5) is 10.2 Å². The van der Waals surface area contributed by atoms with Crippen LogP contribution in [0.2, 0.25) is 0 Å². The minimum absolute atomic E-state index is 0.110. The summed E-state index contributed by atoms with van der Waals surface area (Å²) in [4.78, 5) is 4.71. The summed E-state index contributed by atoms with van der Waals surface area (Å²) in [5.74, 6) is 0.736. The number of rotatable bonds is 2. The molecule has 3 aromatic rings. The van der Waals surface area contributed by atoms with E-state index in [2.05, 4.69) is 5.10 Å². The number of aliphatic imine (C=N–C) groups is 1. The number of aromatic nitrogens is 2. The molecule has 0 bridgehead atoms. The van der Waals surface area contributed by atoms with Gasteiger partial charge in [0, 0.05) is 23.3 Å². The molecule has 2 heterocycles. The average molecular weight is 335 g/mol. The number of phenolic OH excluding ortho intramolecular Hbond substituents is 1. The zero-order valence-corrected chi connectivity index (χ0v) is 14.1. The lowest BCUT2D eigenvalue weighted by atomic mass is 9.98. The molecule has 0 saturated carbocycles. The molecule has 0 aliphatic carbocycles. The van der Waals surface area contributed by atoms with Crippen LogP contribution in [0.5, 0.6) is 5.75 Å². The van der Waals surface area contributed by atoms with Crippen LogP contribution in [-0.4, -0.2) is 20.6 Å². The topological polar surface area (TPSA) is 50.4 Å². The number of nitrogens with zero attached hydrogens (tertiary/aromatic N) is 3. The number of aromatic hydroxyl groups is 1. The third-order valence-electron chi connectivity index (χ3n) is 4.57. The molecule has 4 nitrogen and oxygen atoms in total. The average Bonchev–Trinajstić information content (AvgIpc) is 2.91. The Morgan fingerprint density at radius 2 is 1.80 bits per heavy atom. The third kappa shape index (κ3) is 2.61. The molecule has 0 radical (unpaired) electrons. The zero-order chi connectivity index (χ0) is 17.6. The Hall–Kier alpha value is -2.95. The molecule has 1 aromatic heterocycles. The SMILES string of the molecule is CC1=Nc2c(-c3ccc(F)cc3)c(C)nn2[C@H](c2ccccc2O)C1. The standard InChI is InChI=1S/C20H18FN3O/c1-12-11-17(16-5-3-4-6-18(16)25)24-20(22-12)19(13(2)23-24)14-7-9-15(21)10-8-14/h3-10,17,25H,11H2,1-2H3/t17-/m0/s1. The predicted octanol–water partition coefficient (Wildman–Crippen LogP) is 4.79. The van der Waals surface area contributed by atoms with E-state index < -0.39 is 0 Å². The molecule has 2 aromatic carbocycles. The van der Waals surface area contributed by atoms with Gasteiger partial charge in [-0.05, 0) is 37.6 Å². The number of halogens is 1. The van der Waals surface area contributed by atoms with Crippen LogP contribution in [0.25, 0.3) is 11.1 Å². The minimum Gasteiger partial charge on any atom is -0.508 e. The Morgan fingerprint density at radius 3 is 2.52 bits per heavy atom. The number of hydrogen-bond acceptors (Lipinski definition) is 3. The van der Waals surface area contributed by atoms with Gasteiger partial charge in [0.25, 0.3) is 0 Å². The predicted molar refractivity (Wildman–Crippen MR) is 96.0 cm³/mol. The zero-order valence-electron chi connectivity index (χ0n) is 14.1. The number of hydrogen-bond donors (Lipinski definition) is 1. The number of fused-ring (bicyclic) bond motifs is 1. The molecule has 1 atom stereocenters. The molecule has 0 unspecified atom stereocenters. The number of phenols is 1. The van der Waals surface area contributed by atoms with Gasteiger partial charge in [-0.25, -0.2) is 14.1 Å². The highest BCUT2D eigenvalue weighted by molar-refractivity contribution is 5.90. The molecule has 1 N–H and O–H groups in total. The van der Waals surface area contributed by atoms with Crippen molar-refractivity contribution < 1.29 is 9.50 Å². The molecule has 25 heavy (non-hydrogen) atoms. The Morgan fingerprint density at radius 1 is 1.08 bits per heavy atom. The second-order valence-corrected chi connectivity index (χ2v) is 6.36. The fourth-order valence-electron chi connectivity index (χ4n) is 3.42. The molecule has 1 aliphatic rings. The molecule has 5 heteroatoms. The van der Waals surface area contributed by atoms with Gasteiger partial charge in [-0.15, -0.1) is 0 Å². The summed E-state index contributed by atoms with van der Waals surface area (Å²) in [5, 5.41) is 15.0. The van der Waals surface area contributed by atoms with Crippen molar-refractivity contribution >= 4 is 11.5 Å². The van der Waals surface area contributed by atoms with Gasteiger partial charge in [0.1, 0.15) is 11.6 Å². The third-order valence-corrected chi connectivity index (χ3v) is 4.57. The first-order valence-electron chi connectivity index (χ1n) is 8.21. The molecule has 1 aliphatic heterocycles. The van der Waals surface area contributed by atoms with Crippen molar-refractivity contribution in [2.45, 2.75) is 26.3 Å². The normalized spacial score (nSPS) is 16.4. The van der Waals surface area contributed by atoms with Crippen LogP contribution in [-0.2, 0) is 0 Å². The molecule has 4 rings (SSSR count). The summed E-state index contributed by atoms with van der Waals surface area (Å²) in [6.45, 7) is 3.91. The first-order chi connectivity index (χ1) is 12.0. The van der Waals surface area contributed by atoms with E-state index in [0.29, 0.717) is 6.42 Å². The summed E-state index contributed by atoms with van der Waals surface area (Å²) in [7, 11) is 0. The van der Waals surface area contributed by atoms with Gasteiger partial charge in [-0.1, -0.05) is 30.3 Å². The van der Waals surface area contributed by atoms with E-state index >= 15 is 0 Å². The summed E-state index contributed by atoms with van der Waals surface area (Å²) >= 11 is 0. The summed E-state index contributed by atoms with van der Waals surface area (Å²) in [5.41, 5.74) is 4.42. The van der Waals surface area contributed by atoms with E-state index in [1.165, 1.54) is 12.1 Å². The van der Waals surface area contributed by atoms with E-state index in [0.717, 1.165) is 33.9 Å². The van der Waals surface area contributed by atoms with Crippen molar-refractivity contribution in [1.29, 1.82) is 0 Å². The monoisotopic (exact) mass is 335 g/mol. The maximum atomic E-state index is 13.3. The van der Waals surface area contributed by atoms with Crippen molar-refractivity contribution in [2.24, 2.45) is 4.99 Å². The maximum Gasteiger partial charge on any atom is 0.159 e. The largest absolute Gasteiger partial charge is 0.508 e. The van der Waals surface area contributed by atoms with Crippen molar-refractivity contribution in [3.63, 3.8) is 0 Å². The van der Waals surface area contributed by atoms with Crippen LogP contribution in [0.1, 0.15) is 30.6 Å². The van der Waals surface area contributed by atoms with Crippen LogP contribution < -0.4 is 0 Å². The number of benzene rings is 2. The van der Waals surface area contributed by atoms with Gasteiger partial charge in [0.15, 0.2) is 5.82 Å². The Bertz CT molecular complexity index is 973. The van der Waals surface area contributed by atoms with Crippen molar-refractivity contribution in [3.8, 4) is 16.9 Å². The highest BCUT2D eigenvalue weighted by Crippen LogP contribution is 2.42. The lowest BCUT2D eigenvalue weighted by Gasteiger charge is -2.24. The second-order valence-electron chi connectivity index (χ2n) is 6.36. The van der Waals surface area contributed by atoms with Crippen molar-refractivity contribution in [1.82, 2.24) is 9.78 Å². The lowest BCUT2D eigenvalue weighted by Crippen LogP contribution is -2.19. The van der Waals surface area contributed by atoms with E-state index in [4.69, 9.17) is 4.99 Å². The Balaban J connectivity index is 1.90. The molecule has 126 valence electrons. The van der Waals surface area contributed by atoms with Crippen molar-refractivity contribution in [3.05, 3.63) is 65.6 Å². The Labute approximate surface area is 145 Å². The second kappa shape index (κ2) is 5.84.